The Kier molecular flexibility index (Phi) is 14.9. The monoisotopic (exact) mass is 604 g/mol. The van der Waals surface area contributed by atoms with Crippen molar-refractivity contribution in [3.8, 4) is 22.5 Å². The van der Waals surface area contributed by atoms with Crippen LogP contribution in [0.3, 0.4) is 0 Å². The van der Waals surface area contributed by atoms with Crippen molar-refractivity contribution in [2.45, 2.75) is 75.2 Å². The van der Waals surface area contributed by atoms with Crippen molar-refractivity contribution < 1.29 is 9.21 Å². The Morgan fingerprint density at radius 1 is 0.907 bits per heavy atom. The topological polar surface area (TPSA) is 62.5 Å². The number of carbonyl (C=O) groups is 1. The number of benzene rings is 3. The van der Waals surface area contributed by atoms with Gasteiger partial charge in [-0.15, -0.1) is 0 Å². The van der Waals surface area contributed by atoms with Gasteiger partial charge in [-0.2, -0.15) is 12.6 Å². The Morgan fingerprint density at radius 2 is 1.53 bits per heavy atom. The predicted octanol–water partition coefficient (Wildman–Crippen LogP) is 9.03. The van der Waals surface area contributed by atoms with Crippen molar-refractivity contribution >= 4 is 40.8 Å². The highest BCUT2D eigenvalue weighted by Gasteiger charge is 2.23. The van der Waals surface area contributed by atoms with Gasteiger partial charge in [0.25, 0.3) is 0 Å². The zero-order valence-electron chi connectivity index (χ0n) is 28.0. The number of hydrogen-bond donors (Lipinski definition) is 2. The fourth-order valence-electron chi connectivity index (χ4n) is 4.98. The summed E-state index contributed by atoms with van der Waals surface area (Å²) < 4.78 is 8.87. The molecule has 43 heavy (non-hydrogen) atoms. The van der Waals surface area contributed by atoms with E-state index >= 15 is 0 Å². The van der Waals surface area contributed by atoms with Gasteiger partial charge < -0.3 is 15.1 Å². The van der Waals surface area contributed by atoms with Crippen LogP contribution in [-0.4, -0.2) is 37.7 Å². The van der Waals surface area contributed by atoms with E-state index in [1.54, 1.807) is 6.07 Å². The van der Waals surface area contributed by atoms with E-state index in [1.165, 1.54) is 6.42 Å². The molecule has 1 aliphatic carbocycles. The minimum Gasteiger partial charge on any atom is -0.456 e. The maximum Gasteiger partial charge on any atom is 0.203 e. The van der Waals surface area contributed by atoms with Gasteiger partial charge >= 0.3 is 0 Å². The van der Waals surface area contributed by atoms with Gasteiger partial charge in [-0.05, 0) is 75.3 Å². The van der Waals surface area contributed by atoms with Gasteiger partial charge in [0.15, 0.2) is 5.78 Å². The number of anilines is 2. The van der Waals surface area contributed by atoms with Crippen LogP contribution in [0.4, 0.5) is 11.4 Å². The Hall–Kier alpha value is -3.25. The molecule has 2 aliphatic rings. The van der Waals surface area contributed by atoms with E-state index in [0.29, 0.717) is 23.4 Å². The third kappa shape index (κ3) is 8.88. The molecule has 0 saturated carbocycles. The minimum absolute atomic E-state index is 0.0360. The summed E-state index contributed by atoms with van der Waals surface area (Å²) in [5.74, 6) is 2.20. The Morgan fingerprint density at radius 3 is 2.09 bits per heavy atom. The summed E-state index contributed by atoms with van der Waals surface area (Å²) >= 11 is 4.30. The van der Waals surface area contributed by atoms with E-state index in [0.717, 1.165) is 76.6 Å². The first-order chi connectivity index (χ1) is 20.7. The molecule has 2 aromatic carbocycles. The summed E-state index contributed by atoms with van der Waals surface area (Å²) in [5.41, 5.74) is 12.1. The molecule has 0 amide bonds. The van der Waals surface area contributed by atoms with Crippen LogP contribution >= 0.6 is 12.6 Å². The first-order valence-corrected chi connectivity index (χ1v) is 16.7. The highest BCUT2D eigenvalue weighted by atomic mass is 32.1. The van der Waals surface area contributed by atoms with Gasteiger partial charge in [0.1, 0.15) is 24.4 Å². The zero-order chi connectivity index (χ0) is 32.1. The summed E-state index contributed by atoms with van der Waals surface area (Å²) in [6.07, 6.45) is 1.66. The summed E-state index contributed by atoms with van der Waals surface area (Å²) in [6.45, 7) is 22.9. The first kappa shape index (κ1) is 35.9. The highest BCUT2D eigenvalue weighted by Crippen LogP contribution is 2.42. The number of rotatable bonds is 10. The summed E-state index contributed by atoms with van der Waals surface area (Å²) in [4.78, 5) is 15.5. The molecule has 0 spiro atoms. The van der Waals surface area contributed by atoms with Crippen LogP contribution in [0.25, 0.3) is 33.4 Å². The van der Waals surface area contributed by atoms with Gasteiger partial charge in [0, 0.05) is 65.1 Å². The molecule has 0 radical (unpaired) electrons. The summed E-state index contributed by atoms with van der Waals surface area (Å²) in [7, 11) is 0. The quantitative estimate of drug-likeness (QED) is 0.0623. The normalized spacial score (nSPS) is 10.7. The number of fused-ring (bicyclic) bond motifs is 2. The van der Waals surface area contributed by atoms with Gasteiger partial charge in [0.2, 0.25) is 5.36 Å². The standard InChI is InChI=1S/C30H35N3O2S.C5H12.C2H6/c1-5-32(6-2)21-10-13-24-28(18-21)35-29-19-22(33(7-3)8-4)11-14-25(29)30(24)23-12-9-20(31)17-26(23)27(34)15-16-36;1-4-5(2)3;1-2/h9-14,17-19,31,36H,5-8,15-16H2,1-4H3;5H,4H2,1-3H3;1-2H3/p+1. The fourth-order valence-corrected chi connectivity index (χ4v) is 5.18. The average molecular weight is 605 g/mol. The lowest BCUT2D eigenvalue weighted by molar-refractivity contribution is 0.0990. The summed E-state index contributed by atoms with van der Waals surface area (Å²) in [6, 6.07) is 18.3. The fraction of sp³-hybridized carbons (Fsp3) is 0.459. The van der Waals surface area contributed by atoms with Crippen LogP contribution in [0, 0.1) is 5.92 Å². The molecular weight excluding hydrogens is 550 g/mol. The second-order valence-corrected chi connectivity index (χ2v) is 11.1. The Bertz CT molecular complexity index is 1500. The van der Waals surface area contributed by atoms with Gasteiger partial charge in [0.05, 0.1) is 6.07 Å². The maximum atomic E-state index is 13.2. The molecular formula is C37H54N3O2S+. The molecule has 0 fully saturated rings. The van der Waals surface area contributed by atoms with E-state index in [4.69, 9.17) is 10.2 Å². The van der Waals surface area contributed by atoms with Crippen molar-refractivity contribution in [1.82, 2.24) is 4.58 Å². The van der Waals surface area contributed by atoms with E-state index in [2.05, 4.69) is 107 Å². The smallest absolute Gasteiger partial charge is 0.203 e. The second-order valence-electron chi connectivity index (χ2n) is 10.7. The molecule has 1 heterocycles. The lowest BCUT2D eigenvalue weighted by Crippen LogP contribution is -2.29. The third-order valence-corrected chi connectivity index (χ3v) is 7.94. The zero-order valence-corrected chi connectivity index (χ0v) is 28.9. The van der Waals surface area contributed by atoms with E-state index in [1.807, 2.05) is 26.0 Å². The van der Waals surface area contributed by atoms with Crippen molar-refractivity contribution in [3.05, 3.63) is 65.5 Å². The molecule has 2 N–H and O–H groups in total. The van der Waals surface area contributed by atoms with Crippen molar-refractivity contribution in [2.24, 2.45) is 5.92 Å². The van der Waals surface area contributed by atoms with Crippen LogP contribution in [-0.2, 0) is 0 Å². The number of carbonyl (C=O) groups excluding carboxylic acids is 1. The largest absolute Gasteiger partial charge is 0.456 e. The second kappa shape index (κ2) is 17.8. The first-order valence-electron chi connectivity index (χ1n) is 16.1. The molecule has 0 saturated heterocycles. The lowest BCUT2D eigenvalue weighted by atomic mass is 9.88. The molecule has 6 heteroatoms. The van der Waals surface area contributed by atoms with Gasteiger partial charge in [-0.25, -0.2) is 4.58 Å². The van der Waals surface area contributed by atoms with E-state index in [-0.39, 0.29) is 5.78 Å². The molecule has 4 rings (SSSR count). The third-order valence-electron chi connectivity index (χ3n) is 7.71. The number of nitrogens with two attached hydrogens (primary N) is 1. The van der Waals surface area contributed by atoms with Crippen LogP contribution in [0.5, 0.6) is 0 Å². The number of ketones is 1. The molecule has 5 nitrogen and oxygen atoms in total. The number of Topliss-reactive ketones (excluding diaryl/α,β-unsaturated/α-hetero) is 1. The van der Waals surface area contributed by atoms with Crippen LogP contribution in [0.2, 0.25) is 0 Å². The van der Waals surface area contributed by atoms with Crippen LogP contribution in [0.1, 0.15) is 85.5 Å². The molecule has 0 aromatic heterocycles. The average Bonchev–Trinajstić information content (AvgIpc) is 3.02. The van der Waals surface area contributed by atoms with Crippen LogP contribution < -0.4 is 20.6 Å². The van der Waals surface area contributed by atoms with Crippen molar-refractivity contribution in [3.63, 3.8) is 0 Å². The van der Waals surface area contributed by atoms with Crippen LogP contribution in [0.15, 0.2) is 59.0 Å². The molecule has 234 valence electrons. The highest BCUT2D eigenvalue weighted by molar-refractivity contribution is 7.80. The Balaban J connectivity index is 0.000000836. The van der Waals surface area contributed by atoms with E-state index < -0.39 is 0 Å². The van der Waals surface area contributed by atoms with Gasteiger partial charge in [-0.3, -0.25) is 4.79 Å². The van der Waals surface area contributed by atoms with Gasteiger partial charge in [-0.1, -0.05) is 47.1 Å². The lowest BCUT2D eigenvalue weighted by Gasteiger charge is -2.23. The molecule has 1 aliphatic heterocycles. The predicted molar refractivity (Wildman–Crippen MR) is 192 cm³/mol. The number of hydrogen-bond acceptors (Lipinski definition) is 5. The maximum absolute atomic E-state index is 13.2. The SMILES string of the molecule is CC.CCC(C)C.CCN(CC)c1ccc2c(-c3ccc(N)cc3C(=O)CCS)c3ccc(=[N+](CC)CC)cc-3oc2c1. The number of thiol groups is 1. The van der Waals surface area contributed by atoms with Crippen molar-refractivity contribution in [1.29, 1.82) is 0 Å². The minimum atomic E-state index is 0.0360. The molecule has 0 bridgehead atoms. The molecule has 0 atom stereocenters. The molecule has 0 unspecified atom stereocenters. The number of nitrogen functional groups attached to an aromatic ring is 1. The summed E-state index contributed by atoms with van der Waals surface area (Å²) in [5, 5.41) is 2.09. The van der Waals surface area contributed by atoms with Crippen molar-refractivity contribution in [2.75, 3.05) is 42.6 Å². The van der Waals surface area contributed by atoms with E-state index in [9.17, 15) is 4.79 Å². The Labute approximate surface area is 265 Å². The molecule has 2 aromatic rings. The number of nitrogens with zero attached hydrogens (tertiary/aromatic N) is 2.